The van der Waals surface area contributed by atoms with Crippen LogP contribution < -0.4 is 11.2 Å². The maximum absolute atomic E-state index is 13.1. The van der Waals surface area contributed by atoms with Crippen LogP contribution in [0.25, 0.3) is 10.4 Å². The number of H-pyrrole nitrogens is 1. The van der Waals surface area contributed by atoms with E-state index in [1.165, 1.54) is 22.1 Å². The lowest BCUT2D eigenvalue weighted by Gasteiger charge is -2.19. The number of carbonyl (C=O) groups excluding carboxylic acids is 2. The first-order valence-electron chi connectivity index (χ1n) is 15.3. The van der Waals surface area contributed by atoms with E-state index < -0.39 is 41.6 Å². The number of carbonyl (C=O) groups is 2. The highest BCUT2D eigenvalue weighted by Crippen LogP contribution is 2.33. The topological polar surface area (TPSA) is 117 Å². The summed E-state index contributed by atoms with van der Waals surface area (Å²) in [4.78, 5) is 55.2. The van der Waals surface area contributed by atoms with Crippen LogP contribution in [0.15, 0.2) is 75.8 Å². The number of hydrogen-bond donors (Lipinski definition) is 1. The Morgan fingerprint density at radius 2 is 1.60 bits per heavy atom. The molecule has 1 aliphatic heterocycles. The van der Waals surface area contributed by atoms with Crippen LogP contribution in [-0.4, -0.2) is 40.3 Å². The Balaban J connectivity index is 1.39. The Morgan fingerprint density at radius 1 is 0.933 bits per heavy atom. The predicted octanol–water partition coefficient (Wildman–Crippen LogP) is 6.37. The van der Waals surface area contributed by atoms with Gasteiger partial charge in [0.2, 0.25) is 0 Å². The molecule has 1 aliphatic rings. The van der Waals surface area contributed by atoms with E-state index in [1.54, 1.807) is 24.3 Å². The molecule has 2 aromatic carbocycles. The molecule has 45 heavy (non-hydrogen) atoms. The van der Waals surface area contributed by atoms with E-state index in [0.29, 0.717) is 16.7 Å². The van der Waals surface area contributed by atoms with Crippen molar-refractivity contribution in [2.45, 2.75) is 77.7 Å². The molecule has 1 N–H and O–H groups in total. The summed E-state index contributed by atoms with van der Waals surface area (Å²) in [5.41, 5.74) is 3.07. The summed E-state index contributed by atoms with van der Waals surface area (Å²) in [5.74, 6) is -1.10. The van der Waals surface area contributed by atoms with Gasteiger partial charge in [-0.25, -0.2) is 14.4 Å². The van der Waals surface area contributed by atoms with Crippen LogP contribution >= 0.6 is 11.3 Å². The van der Waals surface area contributed by atoms with Crippen LogP contribution in [-0.2, 0) is 20.6 Å². The lowest BCUT2D eigenvalue weighted by atomic mass is 10.0. The second kappa shape index (κ2) is 14.7. The number of ether oxygens (including phenoxy) is 3. The number of unbranched alkanes of at least 4 members (excludes halogenated alkanes) is 3. The van der Waals surface area contributed by atoms with Gasteiger partial charge in [0, 0.05) is 17.5 Å². The monoisotopic (exact) mass is 630 g/mol. The van der Waals surface area contributed by atoms with Gasteiger partial charge in [0.15, 0.2) is 0 Å². The van der Waals surface area contributed by atoms with Crippen molar-refractivity contribution in [3.63, 3.8) is 0 Å². The highest BCUT2D eigenvalue weighted by Gasteiger charge is 2.40. The highest BCUT2D eigenvalue weighted by molar-refractivity contribution is 7.13. The van der Waals surface area contributed by atoms with Gasteiger partial charge in [-0.1, -0.05) is 61.6 Å². The average Bonchev–Trinajstić information content (AvgIpc) is 3.65. The summed E-state index contributed by atoms with van der Waals surface area (Å²) < 4.78 is 19.0. The maximum Gasteiger partial charge on any atom is 0.338 e. The molecule has 1 saturated heterocycles. The molecule has 10 heteroatoms. The van der Waals surface area contributed by atoms with Crippen LogP contribution in [0.1, 0.15) is 82.7 Å². The Bertz CT molecular complexity index is 1740. The van der Waals surface area contributed by atoms with E-state index in [-0.39, 0.29) is 13.0 Å². The molecule has 0 amide bonds. The molecule has 3 heterocycles. The van der Waals surface area contributed by atoms with Gasteiger partial charge < -0.3 is 14.2 Å². The molecule has 236 valence electrons. The van der Waals surface area contributed by atoms with Gasteiger partial charge in [0.25, 0.3) is 5.56 Å². The third-order valence-electron chi connectivity index (χ3n) is 7.96. The average molecular weight is 631 g/mol. The Labute approximate surface area is 265 Å². The minimum atomic E-state index is -0.875. The number of aryl methyl sites for hydroxylation is 3. The number of aromatic amines is 1. The molecule has 2 aromatic heterocycles. The molecule has 0 radical (unpaired) electrons. The number of hydrogen-bond acceptors (Lipinski definition) is 8. The Kier molecular flexibility index (Phi) is 10.5. The van der Waals surface area contributed by atoms with Gasteiger partial charge >= 0.3 is 17.6 Å². The van der Waals surface area contributed by atoms with E-state index in [1.807, 2.05) is 49.6 Å². The molecular weight excluding hydrogens is 592 g/mol. The fraction of sp³-hybridized carbons (Fsp3) is 0.371. The highest BCUT2D eigenvalue weighted by atomic mass is 32.1. The number of nitrogens with one attached hydrogen (secondary N) is 1. The van der Waals surface area contributed by atoms with Gasteiger partial charge in [-0.05, 0) is 68.0 Å². The lowest BCUT2D eigenvalue weighted by molar-refractivity contribution is -0.0582. The summed E-state index contributed by atoms with van der Waals surface area (Å²) in [6, 6.07) is 16.0. The number of thiophene rings is 1. The van der Waals surface area contributed by atoms with E-state index in [2.05, 4.69) is 11.9 Å². The quantitative estimate of drug-likeness (QED) is 0.143. The molecule has 0 spiro atoms. The van der Waals surface area contributed by atoms with Crippen LogP contribution in [0.5, 0.6) is 0 Å². The van der Waals surface area contributed by atoms with Crippen molar-refractivity contribution in [3.05, 3.63) is 115 Å². The number of rotatable bonds is 12. The zero-order valence-electron chi connectivity index (χ0n) is 25.7. The summed E-state index contributed by atoms with van der Waals surface area (Å²) >= 11 is 1.45. The summed E-state index contributed by atoms with van der Waals surface area (Å²) in [5, 5.41) is 1.95. The third kappa shape index (κ3) is 7.87. The molecular formula is C35H38N2O7S. The van der Waals surface area contributed by atoms with Gasteiger partial charge in [-0.2, -0.15) is 0 Å². The number of aromatic nitrogens is 2. The lowest BCUT2D eigenvalue weighted by Crippen LogP contribution is -2.33. The summed E-state index contributed by atoms with van der Waals surface area (Å²) in [6.45, 7) is 5.81. The molecule has 0 saturated carbocycles. The first-order chi connectivity index (χ1) is 21.7. The van der Waals surface area contributed by atoms with Crippen molar-refractivity contribution in [3.8, 4) is 10.4 Å². The number of esters is 2. The summed E-state index contributed by atoms with van der Waals surface area (Å²) in [6.07, 6.45) is 4.33. The molecule has 0 bridgehead atoms. The SMILES string of the molecule is CCCCCCc1ccsc1-c1cn([C@H]2C[C@H](OC(=O)c3ccc(C)cc3)[C@@H](COC(=O)c3ccc(C)cc3)O2)c(=O)[nH]c1=O. The second-order valence-corrected chi connectivity index (χ2v) is 12.4. The number of benzene rings is 2. The normalized spacial score (nSPS) is 17.7. The standard InChI is InChI=1S/C35H38N2O7S/c1-4-5-6-7-8-24-17-18-45-31(24)27-20-37(35(41)36-32(27)38)30-19-28(44-34(40)26-15-11-23(3)12-16-26)29(43-30)21-42-33(39)25-13-9-22(2)10-14-25/h9-18,20,28-30H,4-8,19,21H2,1-3H3,(H,36,38,41)/t28-,29+,30+/m0/s1. The molecule has 0 aliphatic carbocycles. The van der Waals surface area contributed by atoms with Gasteiger partial charge in [-0.15, -0.1) is 11.3 Å². The van der Waals surface area contributed by atoms with Crippen molar-refractivity contribution in [1.82, 2.24) is 9.55 Å². The largest absolute Gasteiger partial charge is 0.459 e. The Morgan fingerprint density at radius 3 is 2.27 bits per heavy atom. The molecule has 9 nitrogen and oxygen atoms in total. The zero-order valence-corrected chi connectivity index (χ0v) is 26.6. The van der Waals surface area contributed by atoms with Gasteiger partial charge in [0.1, 0.15) is 25.0 Å². The summed E-state index contributed by atoms with van der Waals surface area (Å²) in [7, 11) is 0. The van der Waals surface area contributed by atoms with Crippen molar-refractivity contribution in [2.75, 3.05) is 6.61 Å². The fourth-order valence-electron chi connectivity index (χ4n) is 5.34. The first-order valence-corrected chi connectivity index (χ1v) is 16.2. The smallest absolute Gasteiger partial charge is 0.338 e. The molecule has 0 unspecified atom stereocenters. The zero-order chi connectivity index (χ0) is 31.9. The van der Waals surface area contributed by atoms with E-state index in [4.69, 9.17) is 14.2 Å². The van der Waals surface area contributed by atoms with Crippen LogP contribution in [0.2, 0.25) is 0 Å². The van der Waals surface area contributed by atoms with Gasteiger partial charge in [-0.3, -0.25) is 14.3 Å². The van der Waals surface area contributed by atoms with Crippen LogP contribution in [0.4, 0.5) is 0 Å². The molecule has 5 rings (SSSR count). The first kappa shape index (κ1) is 32.1. The van der Waals surface area contributed by atoms with Crippen molar-refractivity contribution in [1.29, 1.82) is 0 Å². The Hall–Kier alpha value is -4.28. The van der Waals surface area contributed by atoms with E-state index in [0.717, 1.165) is 53.7 Å². The second-order valence-electron chi connectivity index (χ2n) is 11.4. The molecule has 1 fully saturated rings. The van der Waals surface area contributed by atoms with E-state index in [9.17, 15) is 19.2 Å². The van der Waals surface area contributed by atoms with Crippen molar-refractivity contribution >= 4 is 23.3 Å². The third-order valence-corrected chi connectivity index (χ3v) is 8.95. The van der Waals surface area contributed by atoms with Crippen LogP contribution in [0, 0.1) is 13.8 Å². The van der Waals surface area contributed by atoms with Gasteiger partial charge in [0.05, 0.1) is 16.7 Å². The molecule has 3 atom stereocenters. The fourth-order valence-corrected chi connectivity index (χ4v) is 6.31. The van der Waals surface area contributed by atoms with E-state index >= 15 is 0 Å². The van der Waals surface area contributed by atoms with Crippen LogP contribution in [0.3, 0.4) is 0 Å². The van der Waals surface area contributed by atoms with Crippen molar-refractivity contribution in [2.24, 2.45) is 0 Å². The predicted molar refractivity (Wildman–Crippen MR) is 173 cm³/mol. The minimum absolute atomic E-state index is 0.115. The minimum Gasteiger partial charge on any atom is -0.459 e. The maximum atomic E-state index is 13.1. The van der Waals surface area contributed by atoms with Crippen molar-refractivity contribution < 1.29 is 23.8 Å². The molecule has 4 aromatic rings. The number of nitrogens with zero attached hydrogens (tertiary/aromatic N) is 1.